The van der Waals surface area contributed by atoms with E-state index in [1.807, 2.05) is 11.0 Å². The summed E-state index contributed by atoms with van der Waals surface area (Å²) in [6.45, 7) is 0.981. The third-order valence-corrected chi connectivity index (χ3v) is 8.20. The Morgan fingerprint density at radius 3 is 2.52 bits per heavy atom. The Balaban J connectivity index is 1.73. The molecule has 8 nitrogen and oxygen atoms in total. The number of allylic oxidation sites excluding steroid dienone is 4. The molecule has 0 amide bonds. The maximum atomic E-state index is 14.0. The number of sulfonamides is 1. The van der Waals surface area contributed by atoms with E-state index < -0.39 is 27.7 Å². The van der Waals surface area contributed by atoms with Crippen LogP contribution in [-0.2, 0) is 21.0 Å². The summed E-state index contributed by atoms with van der Waals surface area (Å²) in [7, 11) is -4.29. The fourth-order valence-corrected chi connectivity index (χ4v) is 5.96. The van der Waals surface area contributed by atoms with E-state index in [9.17, 15) is 26.4 Å². The number of aliphatic carboxylic acids is 1. The standard InChI is InChI=1S/C28H33F3N4O4S/c29-28(30,31)22-16-17-23-32-27(22)21-12-6-5-11-20(21)10-4-2-1-3-7-18-35(19-9-15-26(36)37)24-13-8-14-25(33-24)40(38,39)34-23/h8,11-14,16-17H,1-7,9-10,15,18-19H2,(H,32,34)(H,36,37). The topological polar surface area (TPSA) is 112 Å². The van der Waals surface area contributed by atoms with E-state index in [4.69, 9.17) is 5.11 Å². The maximum Gasteiger partial charge on any atom is 0.418 e. The van der Waals surface area contributed by atoms with E-state index >= 15 is 0 Å². The Bertz CT molecular complexity index is 1390. The predicted octanol–water partition coefficient (Wildman–Crippen LogP) is 6.43. The first-order chi connectivity index (χ1) is 19.0. The SMILES string of the molecule is O=C(O)CCCN1CCCCCCCC2=CCCC=C2c2nc(ccc2C(F)(F)F)NS(=O)(=O)c2cccc1n2. The van der Waals surface area contributed by atoms with Crippen LogP contribution in [0, 0.1) is 0 Å². The van der Waals surface area contributed by atoms with Gasteiger partial charge in [-0.05, 0) is 73.9 Å². The van der Waals surface area contributed by atoms with Crippen molar-refractivity contribution in [3.05, 3.63) is 59.3 Å². The van der Waals surface area contributed by atoms with Gasteiger partial charge in [0, 0.05) is 19.5 Å². The number of rotatable bonds is 4. The van der Waals surface area contributed by atoms with Gasteiger partial charge < -0.3 is 10.0 Å². The Labute approximate surface area is 232 Å². The molecule has 0 saturated heterocycles. The first kappa shape index (κ1) is 29.6. The van der Waals surface area contributed by atoms with Crippen LogP contribution < -0.4 is 9.62 Å². The van der Waals surface area contributed by atoms with Gasteiger partial charge in [0.2, 0.25) is 0 Å². The molecule has 216 valence electrons. The molecule has 0 unspecified atom stereocenters. The second-order valence-electron chi connectivity index (χ2n) is 9.96. The second kappa shape index (κ2) is 12.8. The molecule has 0 aromatic carbocycles. The quantitative estimate of drug-likeness (QED) is 0.430. The molecule has 0 atom stereocenters. The Morgan fingerprint density at radius 2 is 1.75 bits per heavy atom. The number of nitrogens with one attached hydrogen (secondary N) is 1. The maximum absolute atomic E-state index is 14.0. The number of halogens is 3. The lowest BCUT2D eigenvalue weighted by Crippen LogP contribution is -2.28. The lowest BCUT2D eigenvalue weighted by Gasteiger charge is -2.24. The molecule has 0 fully saturated rings. The average Bonchev–Trinajstić information content (AvgIpc) is 2.90. The van der Waals surface area contributed by atoms with Crippen LogP contribution in [-0.4, -0.2) is 42.6 Å². The summed E-state index contributed by atoms with van der Waals surface area (Å²) in [5.74, 6) is -0.762. The van der Waals surface area contributed by atoms with Crippen molar-refractivity contribution in [3.63, 3.8) is 0 Å². The minimum absolute atomic E-state index is 0.0236. The molecule has 2 aromatic rings. The van der Waals surface area contributed by atoms with Crippen molar-refractivity contribution >= 4 is 33.2 Å². The number of carboxylic acid groups (broad SMARTS) is 1. The molecule has 40 heavy (non-hydrogen) atoms. The van der Waals surface area contributed by atoms with Crippen molar-refractivity contribution < 1.29 is 31.5 Å². The first-order valence-electron chi connectivity index (χ1n) is 13.5. The molecular formula is C28H33F3N4O4S. The highest BCUT2D eigenvalue weighted by atomic mass is 32.2. The number of nitrogens with zero attached hydrogens (tertiary/aromatic N) is 3. The molecule has 2 aliphatic rings. The molecule has 3 heterocycles. The van der Waals surface area contributed by atoms with E-state index in [0.29, 0.717) is 43.7 Å². The Hall–Kier alpha value is -3.41. The molecule has 2 N–H and O–H groups in total. The number of hydrogen-bond acceptors (Lipinski definition) is 6. The van der Waals surface area contributed by atoms with Gasteiger partial charge in [-0.2, -0.15) is 21.6 Å². The monoisotopic (exact) mass is 578 g/mol. The van der Waals surface area contributed by atoms with Crippen LogP contribution in [0.25, 0.3) is 5.57 Å². The molecule has 4 bridgehead atoms. The number of carboxylic acids is 1. The molecule has 2 aromatic heterocycles. The van der Waals surface area contributed by atoms with Gasteiger partial charge in [-0.1, -0.05) is 37.5 Å². The van der Waals surface area contributed by atoms with E-state index in [1.165, 1.54) is 12.1 Å². The van der Waals surface area contributed by atoms with E-state index in [2.05, 4.69) is 14.7 Å². The van der Waals surface area contributed by atoms with Crippen molar-refractivity contribution in [2.45, 2.75) is 75.4 Å². The summed E-state index contributed by atoms with van der Waals surface area (Å²) in [6, 6.07) is 6.37. The highest BCUT2D eigenvalue weighted by Gasteiger charge is 2.36. The van der Waals surface area contributed by atoms with Crippen LogP contribution in [0.1, 0.15) is 75.5 Å². The molecule has 1 aliphatic heterocycles. The smallest absolute Gasteiger partial charge is 0.418 e. The fourth-order valence-electron chi connectivity index (χ4n) is 4.99. The van der Waals surface area contributed by atoms with Crippen molar-refractivity contribution in [1.82, 2.24) is 9.97 Å². The molecule has 0 radical (unpaired) electrons. The van der Waals surface area contributed by atoms with Gasteiger partial charge in [-0.25, -0.2) is 9.97 Å². The van der Waals surface area contributed by atoms with Crippen LogP contribution in [0.5, 0.6) is 0 Å². The van der Waals surface area contributed by atoms with Crippen LogP contribution >= 0.6 is 0 Å². The van der Waals surface area contributed by atoms with Crippen LogP contribution in [0.2, 0.25) is 0 Å². The minimum atomic E-state index is -4.67. The third kappa shape index (κ3) is 7.61. The van der Waals surface area contributed by atoms with Gasteiger partial charge >= 0.3 is 12.1 Å². The zero-order valence-electron chi connectivity index (χ0n) is 22.1. The van der Waals surface area contributed by atoms with Gasteiger partial charge in [0.1, 0.15) is 11.6 Å². The Kier molecular flexibility index (Phi) is 9.49. The Morgan fingerprint density at radius 1 is 1.00 bits per heavy atom. The third-order valence-electron chi connectivity index (χ3n) is 6.95. The zero-order chi connectivity index (χ0) is 28.8. The van der Waals surface area contributed by atoms with E-state index in [-0.39, 0.29) is 23.0 Å². The van der Waals surface area contributed by atoms with E-state index in [1.54, 1.807) is 12.1 Å². The summed E-state index contributed by atoms with van der Waals surface area (Å²) < 4.78 is 70.9. The first-order valence-corrected chi connectivity index (χ1v) is 15.0. The number of pyridine rings is 2. The summed E-state index contributed by atoms with van der Waals surface area (Å²) >= 11 is 0. The van der Waals surface area contributed by atoms with Crippen LogP contribution in [0.3, 0.4) is 0 Å². The number of aromatic nitrogens is 2. The lowest BCUT2D eigenvalue weighted by atomic mass is 9.89. The number of anilines is 2. The highest BCUT2D eigenvalue weighted by Crippen LogP contribution is 2.40. The van der Waals surface area contributed by atoms with Gasteiger partial charge in [0.25, 0.3) is 10.0 Å². The summed E-state index contributed by atoms with van der Waals surface area (Å²) in [5, 5.41) is 8.74. The fraction of sp³-hybridized carbons (Fsp3) is 0.464. The van der Waals surface area contributed by atoms with Gasteiger partial charge in [0.05, 0.1) is 11.3 Å². The summed E-state index contributed by atoms with van der Waals surface area (Å²) in [6.07, 6.45) is 5.67. The largest absolute Gasteiger partial charge is 0.481 e. The van der Waals surface area contributed by atoms with E-state index in [0.717, 1.165) is 56.2 Å². The van der Waals surface area contributed by atoms with Crippen molar-refractivity contribution in [3.8, 4) is 0 Å². The number of alkyl halides is 3. The average molecular weight is 579 g/mol. The number of fused-ring (bicyclic) bond motifs is 6. The number of hydrogen-bond donors (Lipinski definition) is 2. The molecule has 12 heteroatoms. The summed E-state index contributed by atoms with van der Waals surface area (Å²) in [4.78, 5) is 21.4. The van der Waals surface area contributed by atoms with Gasteiger partial charge in [-0.3, -0.25) is 9.52 Å². The minimum Gasteiger partial charge on any atom is -0.481 e. The van der Waals surface area contributed by atoms with Crippen LogP contribution in [0.15, 0.2) is 53.1 Å². The lowest BCUT2D eigenvalue weighted by molar-refractivity contribution is -0.138. The zero-order valence-corrected chi connectivity index (χ0v) is 22.9. The number of carbonyl (C=O) groups is 1. The second-order valence-corrected chi connectivity index (χ2v) is 11.6. The van der Waals surface area contributed by atoms with Crippen LogP contribution in [0.4, 0.5) is 24.8 Å². The van der Waals surface area contributed by atoms with Crippen molar-refractivity contribution in [2.75, 3.05) is 22.7 Å². The van der Waals surface area contributed by atoms with Gasteiger partial charge in [0.15, 0.2) is 5.03 Å². The van der Waals surface area contributed by atoms with Gasteiger partial charge in [-0.15, -0.1) is 0 Å². The van der Waals surface area contributed by atoms with Crippen molar-refractivity contribution in [2.24, 2.45) is 0 Å². The molecule has 0 saturated carbocycles. The molecule has 4 rings (SSSR count). The molecular weight excluding hydrogens is 545 g/mol. The highest BCUT2D eigenvalue weighted by molar-refractivity contribution is 7.92. The van der Waals surface area contributed by atoms with Crippen molar-refractivity contribution in [1.29, 1.82) is 0 Å². The predicted molar refractivity (Wildman–Crippen MR) is 146 cm³/mol. The summed E-state index contributed by atoms with van der Waals surface area (Å²) in [5.41, 5.74) is -0.00526. The normalized spacial score (nSPS) is 18.3. The molecule has 0 spiro atoms. The molecule has 1 aliphatic carbocycles.